The second-order valence-electron chi connectivity index (χ2n) is 6.14. The van der Waals surface area contributed by atoms with Gasteiger partial charge in [-0.25, -0.2) is 0 Å². The minimum Gasteiger partial charge on any atom is -1.00 e. The van der Waals surface area contributed by atoms with Gasteiger partial charge in [-0.15, -0.1) is 0 Å². The zero-order valence-electron chi connectivity index (χ0n) is 15.1. The Hall–Kier alpha value is -1.66. The molecule has 0 atom stereocenters. The third-order valence-corrected chi connectivity index (χ3v) is 9.57. The summed E-state index contributed by atoms with van der Waals surface area (Å²) in [6.45, 7) is 0. The maximum absolute atomic E-state index is 3.18. The van der Waals surface area contributed by atoms with Crippen LogP contribution in [0.15, 0.2) is 115 Å². The monoisotopic (exact) mass is 438 g/mol. The van der Waals surface area contributed by atoms with Crippen molar-refractivity contribution < 1.29 is 17.0 Å². The standard InChI is InChI=1S/C24H19Si.BrH.Mg/c1-5-13-21(14-6-1)25(22-15-7-2-8-16-22,23-17-9-3-10-18-23)24-19-11-4-12-20-24;;/h1-3,5-20H;1H;/q-1;;+2/p-1. The summed E-state index contributed by atoms with van der Waals surface area (Å²) in [4.78, 5) is 0. The molecule has 0 aromatic heterocycles. The van der Waals surface area contributed by atoms with Crippen LogP contribution in [0.5, 0.6) is 0 Å². The van der Waals surface area contributed by atoms with Crippen molar-refractivity contribution in [1.82, 2.24) is 0 Å². The molecular formula is C24H19BrMgSi. The molecule has 0 bridgehead atoms. The van der Waals surface area contributed by atoms with Crippen molar-refractivity contribution in [2.45, 2.75) is 0 Å². The summed E-state index contributed by atoms with van der Waals surface area (Å²) in [7, 11) is -2.32. The van der Waals surface area contributed by atoms with Gasteiger partial charge in [-0.3, -0.25) is 0 Å². The predicted octanol–water partition coefficient (Wildman–Crippen LogP) is -0.513. The number of halogens is 1. The zero-order chi connectivity index (χ0) is 17.0. The van der Waals surface area contributed by atoms with E-state index in [1.807, 2.05) is 12.1 Å². The van der Waals surface area contributed by atoms with E-state index in [4.69, 9.17) is 0 Å². The smallest absolute Gasteiger partial charge is 1.00 e. The summed E-state index contributed by atoms with van der Waals surface area (Å²) in [5, 5.41) is 5.59. The maximum atomic E-state index is 3.18. The quantitative estimate of drug-likeness (QED) is 0.228. The molecule has 4 aromatic rings. The van der Waals surface area contributed by atoms with Crippen molar-refractivity contribution in [1.29, 1.82) is 0 Å². The summed E-state index contributed by atoms with van der Waals surface area (Å²) in [6.07, 6.45) is 0. The van der Waals surface area contributed by atoms with Crippen molar-refractivity contribution in [3.8, 4) is 0 Å². The molecule has 0 N–H and O–H groups in total. The van der Waals surface area contributed by atoms with Crippen LogP contribution in [0.3, 0.4) is 0 Å². The van der Waals surface area contributed by atoms with E-state index in [-0.39, 0.29) is 40.0 Å². The fourth-order valence-corrected chi connectivity index (χ4v) is 8.45. The Bertz CT molecular complexity index is 765. The fraction of sp³-hybridized carbons (Fsp3) is 0. The molecule has 0 saturated carbocycles. The Balaban J connectivity index is 0.00000131. The largest absolute Gasteiger partial charge is 2.00 e. The number of benzene rings is 4. The van der Waals surface area contributed by atoms with Crippen LogP contribution in [0.2, 0.25) is 0 Å². The minimum atomic E-state index is -2.32. The van der Waals surface area contributed by atoms with Crippen LogP contribution in [0.4, 0.5) is 0 Å². The average molecular weight is 440 g/mol. The summed E-state index contributed by atoms with van der Waals surface area (Å²) in [5.41, 5.74) is 0. The van der Waals surface area contributed by atoms with E-state index in [0.717, 1.165) is 0 Å². The Morgan fingerprint density at radius 1 is 0.444 bits per heavy atom. The fourth-order valence-electron chi connectivity index (χ4n) is 3.70. The van der Waals surface area contributed by atoms with Gasteiger partial charge in [0.1, 0.15) is 0 Å². The van der Waals surface area contributed by atoms with Gasteiger partial charge in [0.15, 0.2) is 8.07 Å². The van der Waals surface area contributed by atoms with Crippen LogP contribution < -0.4 is 37.7 Å². The normalized spacial score (nSPS) is 10.4. The molecule has 0 aliphatic carbocycles. The molecule has 27 heavy (non-hydrogen) atoms. The molecule has 0 aliphatic heterocycles. The van der Waals surface area contributed by atoms with Crippen molar-refractivity contribution in [3.63, 3.8) is 0 Å². The first-order valence-corrected chi connectivity index (χ1v) is 10.6. The molecule has 0 nitrogen and oxygen atoms in total. The molecule has 0 aliphatic rings. The minimum absolute atomic E-state index is 0. The average Bonchev–Trinajstić information content (AvgIpc) is 2.72. The molecule has 4 rings (SSSR count). The van der Waals surface area contributed by atoms with Gasteiger partial charge in [-0.05, 0) is 15.6 Å². The van der Waals surface area contributed by atoms with E-state index < -0.39 is 8.07 Å². The SMILES string of the molecule is [Br-].[Mg+2].[c-]1ccc([Si](c2ccccc2)(c2ccccc2)c2ccccc2)cc1. The Labute approximate surface area is 189 Å². The van der Waals surface area contributed by atoms with E-state index in [2.05, 4.69) is 109 Å². The summed E-state index contributed by atoms with van der Waals surface area (Å²) in [5.74, 6) is 0. The van der Waals surface area contributed by atoms with Gasteiger partial charge in [0.05, 0.1) is 0 Å². The van der Waals surface area contributed by atoms with E-state index in [1.54, 1.807) is 0 Å². The van der Waals surface area contributed by atoms with Crippen molar-refractivity contribution in [2.24, 2.45) is 0 Å². The second kappa shape index (κ2) is 10.0. The van der Waals surface area contributed by atoms with Crippen LogP contribution in [0.25, 0.3) is 0 Å². The topological polar surface area (TPSA) is 0 Å². The van der Waals surface area contributed by atoms with Gasteiger partial charge in [0, 0.05) is 0 Å². The molecule has 0 amide bonds. The van der Waals surface area contributed by atoms with E-state index in [1.165, 1.54) is 20.7 Å². The first-order chi connectivity index (χ1) is 12.4. The van der Waals surface area contributed by atoms with Gasteiger partial charge in [-0.1, -0.05) is 91.0 Å². The Morgan fingerprint density at radius 3 is 1.07 bits per heavy atom. The van der Waals surface area contributed by atoms with Crippen molar-refractivity contribution >= 4 is 51.9 Å². The molecule has 4 aromatic carbocycles. The van der Waals surface area contributed by atoms with Gasteiger partial charge >= 0.3 is 23.1 Å². The van der Waals surface area contributed by atoms with Crippen LogP contribution in [-0.4, -0.2) is 31.1 Å². The third kappa shape index (κ3) is 4.12. The molecule has 0 spiro atoms. The van der Waals surface area contributed by atoms with Gasteiger partial charge < -0.3 is 17.0 Å². The van der Waals surface area contributed by atoms with Crippen LogP contribution in [0.1, 0.15) is 0 Å². The van der Waals surface area contributed by atoms with E-state index in [0.29, 0.717) is 0 Å². The van der Waals surface area contributed by atoms with E-state index >= 15 is 0 Å². The summed E-state index contributed by atoms with van der Waals surface area (Å²) in [6, 6.07) is 44.6. The molecule has 0 fully saturated rings. The van der Waals surface area contributed by atoms with Crippen LogP contribution >= 0.6 is 0 Å². The molecule has 0 radical (unpaired) electrons. The van der Waals surface area contributed by atoms with Gasteiger partial charge in [-0.2, -0.15) is 35.5 Å². The second-order valence-corrected chi connectivity index (χ2v) is 9.95. The number of hydrogen-bond acceptors (Lipinski definition) is 0. The zero-order valence-corrected chi connectivity index (χ0v) is 19.1. The molecular weight excluding hydrogens is 421 g/mol. The Kier molecular flexibility index (Phi) is 8.05. The predicted molar refractivity (Wildman–Crippen MR) is 115 cm³/mol. The first-order valence-electron chi connectivity index (χ1n) is 8.55. The van der Waals surface area contributed by atoms with Gasteiger partial charge in [0.25, 0.3) is 0 Å². The first kappa shape index (κ1) is 21.6. The Morgan fingerprint density at radius 2 is 0.741 bits per heavy atom. The van der Waals surface area contributed by atoms with Crippen molar-refractivity contribution in [3.05, 3.63) is 121 Å². The third-order valence-electron chi connectivity index (χ3n) is 4.77. The molecule has 3 heteroatoms. The van der Waals surface area contributed by atoms with Crippen LogP contribution in [0, 0.1) is 6.07 Å². The number of hydrogen-bond donors (Lipinski definition) is 0. The summed E-state index contributed by atoms with van der Waals surface area (Å²) >= 11 is 0. The molecule has 0 saturated heterocycles. The summed E-state index contributed by atoms with van der Waals surface area (Å²) < 4.78 is 0. The van der Waals surface area contributed by atoms with Gasteiger partial charge in [0.2, 0.25) is 0 Å². The molecule has 0 unspecified atom stereocenters. The molecule has 0 heterocycles. The van der Waals surface area contributed by atoms with E-state index in [9.17, 15) is 0 Å². The molecule has 128 valence electrons. The van der Waals surface area contributed by atoms with Crippen LogP contribution in [-0.2, 0) is 0 Å². The number of rotatable bonds is 4. The van der Waals surface area contributed by atoms with Crippen molar-refractivity contribution in [2.75, 3.05) is 0 Å². The maximum Gasteiger partial charge on any atom is 2.00 e.